The molecule has 1 heterocycles. The maximum Gasteiger partial charge on any atom is 0.300 e. The molecular weight excluding hydrogens is 364 g/mol. The van der Waals surface area contributed by atoms with Gasteiger partial charge in [0.15, 0.2) is 0 Å². The highest BCUT2D eigenvalue weighted by molar-refractivity contribution is 6.52. The molecule has 1 aliphatic heterocycles. The second kappa shape index (κ2) is 6.98. The number of benzene rings is 2. The predicted molar refractivity (Wildman–Crippen MR) is 104 cm³/mol. The van der Waals surface area contributed by atoms with Crippen molar-refractivity contribution in [2.45, 2.75) is 31.2 Å². The summed E-state index contributed by atoms with van der Waals surface area (Å²) in [7, 11) is 1.57. The van der Waals surface area contributed by atoms with E-state index in [1.165, 1.54) is 4.90 Å². The van der Waals surface area contributed by atoms with Gasteiger partial charge in [-0.2, -0.15) is 0 Å². The molecule has 2 aromatic carbocycles. The third-order valence-corrected chi connectivity index (χ3v) is 5.86. The third kappa shape index (κ3) is 3.11. The normalized spacial score (nSPS) is 18.1. The molecule has 1 amide bonds. The number of nitrogens with zero attached hydrogens (tertiary/aromatic N) is 1. The number of ether oxygens (including phenoxy) is 1. The van der Waals surface area contributed by atoms with Gasteiger partial charge in [0.05, 0.1) is 25.0 Å². The molecule has 2 aromatic rings. The molecule has 5 nitrogen and oxygen atoms in total. The van der Waals surface area contributed by atoms with Gasteiger partial charge in [-0.1, -0.05) is 36.6 Å². The van der Waals surface area contributed by atoms with Crippen LogP contribution in [0.3, 0.4) is 0 Å². The number of anilines is 1. The summed E-state index contributed by atoms with van der Waals surface area (Å²) in [5, 5.41) is 4.27. The van der Waals surface area contributed by atoms with E-state index in [2.05, 4.69) is 5.32 Å². The highest BCUT2D eigenvalue weighted by Crippen LogP contribution is 2.40. The summed E-state index contributed by atoms with van der Waals surface area (Å²) < 4.78 is 5.25. The lowest BCUT2D eigenvalue weighted by atomic mass is 9.88. The molecule has 6 heteroatoms. The highest BCUT2D eigenvalue weighted by Gasteiger charge is 2.40. The van der Waals surface area contributed by atoms with E-state index in [9.17, 15) is 9.59 Å². The lowest BCUT2D eigenvalue weighted by molar-refractivity contribution is -0.114. The Morgan fingerprint density at radius 1 is 1.11 bits per heavy atom. The minimum atomic E-state index is -0.505. The quantitative estimate of drug-likeness (QED) is 0.794. The summed E-state index contributed by atoms with van der Waals surface area (Å²) in [6, 6.07) is 12.9. The highest BCUT2D eigenvalue weighted by atomic mass is 35.5. The minimum absolute atomic E-state index is 0.213. The Bertz CT molecular complexity index is 889. The number of rotatable bonds is 5. The van der Waals surface area contributed by atoms with Gasteiger partial charge in [0, 0.05) is 16.6 Å². The smallest absolute Gasteiger partial charge is 0.300 e. The molecule has 0 spiro atoms. The molecule has 140 valence electrons. The number of carbonyl (C=O) groups is 2. The molecule has 0 radical (unpaired) electrons. The average Bonchev–Trinajstić information content (AvgIpc) is 3.25. The molecule has 2 aliphatic rings. The zero-order valence-corrected chi connectivity index (χ0v) is 15.9. The topological polar surface area (TPSA) is 58.6 Å². The Morgan fingerprint density at radius 3 is 2.48 bits per heavy atom. The van der Waals surface area contributed by atoms with Crippen molar-refractivity contribution in [1.82, 2.24) is 5.32 Å². The molecule has 1 fully saturated rings. The van der Waals surface area contributed by atoms with Gasteiger partial charge in [0.1, 0.15) is 5.75 Å². The van der Waals surface area contributed by atoms with Crippen LogP contribution in [0.1, 0.15) is 41.6 Å². The molecule has 1 N–H and O–H groups in total. The standard InChI is InChI=1S/C21H21ClN2O3/c1-27-16-8-9-17-18(12-16)24(20(26)19(17)25)13-23-21(10-2-3-11-21)14-4-6-15(22)7-5-14/h4-9,12,23H,2-3,10-11,13H2,1H3. The zero-order chi connectivity index (χ0) is 19.0. The van der Waals surface area contributed by atoms with Crippen molar-refractivity contribution in [3.63, 3.8) is 0 Å². The van der Waals surface area contributed by atoms with Crippen molar-refractivity contribution in [2.75, 3.05) is 18.7 Å². The van der Waals surface area contributed by atoms with Crippen molar-refractivity contribution in [3.05, 3.63) is 58.6 Å². The van der Waals surface area contributed by atoms with Crippen molar-refractivity contribution in [1.29, 1.82) is 0 Å². The lowest BCUT2D eigenvalue weighted by Crippen LogP contribution is -2.47. The van der Waals surface area contributed by atoms with E-state index in [1.807, 2.05) is 24.3 Å². The molecule has 4 rings (SSSR count). The van der Waals surface area contributed by atoms with E-state index < -0.39 is 11.7 Å². The van der Waals surface area contributed by atoms with E-state index in [4.69, 9.17) is 16.3 Å². The Balaban J connectivity index is 1.61. The van der Waals surface area contributed by atoms with Crippen molar-refractivity contribution in [2.24, 2.45) is 0 Å². The van der Waals surface area contributed by atoms with Crippen LogP contribution in [0.4, 0.5) is 5.69 Å². The van der Waals surface area contributed by atoms with Crippen LogP contribution in [-0.4, -0.2) is 25.5 Å². The third-order valence-electron chi connectivity index (χ3n) is 5.61. The van der Waals surface area contributed by atoms with Crippen molar-refractivity contribution < 1.29 is 14.3 Å². The van der Waals surface area contributed by atoms with Gasteiger partial charge in [-0.25, -0.2) is 0 Å². The first-order chi connectivity index (χ1) is 13.0. The second-order valence-electron chi connectivity index (χ2n) is 7.08. The van der Waals surface area contributed by atoms with Crippen molar-refractivity contribution in [3.8, 4) is 5.75 Å². The number of carbonyl (C=O) groups excluding carboxylic acids is 2. The Kier molecular flexibility index (Phi) is 4.66. The lowest BCUT2D eigenvalue weighted by Gasteiger charge is -2.33. The summed E-state index contributed by atoms with van der Waals surface area (Å²) in [6.45, 7) is 0.271. The fraction of sp³-hybridized carbons (Fsp3) is 0.333. The monoisotopic (exact) mass is 384 g/mol. The number of Topliss-reactive ketones (excluding diaryl/α,β-unsaturated/α-hetero) is 1. The number of ketones is 1. The van der Waals surface area contributed by atoms with Crippen LogP contribution >= 0.6 is 11.6 Å². The van der Waals surface area contributed by atoms with Gasteiger partial charge < -0.3 is 4.74 Å². The van der Waals surface area contributed by atoms with E-state index in [-0.39, 0.29) is 12.2 Å². The number of fused-ring (bicyclic) bond motifs is 1. The first-order valence-electron chi connectivity index (χ1n) is 9.09. The van der Waals surface area contributed by atoms with Gasteiger partial charge in [-0.3, -0.25) is 19.8 Å². The minimum Gasteiger partial charge on any atom is -0.497 e. The van der Waals surface area contributed by atoms with Gasteiger partial charge >= 0.3 is 5.91 Å². The fourth-order valence-electron chi connectivity index (χ4n) is 4.10. The molecule has 0 atom stereocenters. The van der Waals surface area contributed by atoms with E-state index in [0.29, 0.717) is 22.0 Å². The average molecular weight is 385 g/mol. The SMILES string of the molecule is COc1ccc2c(c1)N(CNC1(c3ccc(Cl)cc3)CCCC1)C(=O)C2=O. The first-order valence-corrected chi connectivity index (χ1v) is 9.47. The van der Waals surface area contributed by atoms with E-state index in [0.717, 1.165) is 31.2 Å². The number of amides is 1. The molecule has 0 bridgehead atoms. The Morgan fingerprint density at radius 2 is 1.81 bits per heavy atom. The number of hydrogen-bond donors (Lipinski definition) is 1. The van der Waals surface area contributed by atoms with Crippen LogP contribution in [0.15, 0.2) is 42.5 Å². The van der Waals surface area contributed by atoms with Crippen LogP contribution in [0.25, 0.3) is 0 Å². The molecule has 0 aromatic heterocycles. The van der Waals surface area contributed by atoms with Gasteiger partial charge in [0.25, 0.3) is 5.78 Å². The number of halogens is 1. The summed E-state index contributed by atoms with van der Waals surface area (Å²) in [6.07, 6.45) is 4.20. The van der Waals surface area contributed by atoms with Crippen molar-refractivity contribution >= 4 is 29.0 Å². The second-order valence-corrected chi connectivity index (χ2v) is 7.51. The Hall–Kier alpha value is -2.37. The molecular formula is C21H21ClN2O3. The van der Waals surface area contributed by atoms with Gasteiger partial charge in [-0.15, -0.1) is 0 Å². The van der Waals surface area contributed by atoms with Crippen LogP contribution in [0, 0.1) is 0 Å². The zero-order valence-electron chi connectivity index (χ0n) is 15.1. The van der Waals surface area contributed by atoms with E-state index >= 15 is 0 Å². The van der Waals surface area contributed by atoms with Crippen LogP contribution in [0.5, 0.6) is 5.75 Å². The summed E-state index contributed by atoms with van der Waals surface area (Å²) in [5.74, 6) is -0.356. The molecule has 0 saturated heterocycles. The summed E-state index contributed by atoms with van der Waals surface area (Å²) in [4.78, 5) is 26.4. The summed E-state index contributed by atoms with van der Waals surface area (Å²) in [5.41, 5.74) is 1.97. The van der Waals surface area contributed by atoms with Gasteiger partial charge in [0.2, 0.25) is 0 Å². The molecule has 1 aliphatic carbocycles. The number of hydrogen-bond acceptors (Lipinski definition) is 4. The number of methoxy groups -OCH3 is 1. The molecule has 1 saturated carbocycles. The van der Waals surface area contributed by atoms with Gasteiger partial charge in [-0.05, 0) is 42.7 Å². The maximum atomic E-state index is 12.5. The van der Waals surface area contributed by atoms with E-state index in [1.54, 1.807) is 25.3 Å². The van der Waals surface area contributed by atoms with Crippen LogP contribution in [0.2, 0.25) is 5.02 Å². The molecule has 27 heavy (non-hydrogen) atoms. The fourth-order valence-corrected chi connectivity index (χ4v) is 4.23. The van der Waals surface area contributed by atoms with Crippen LogP contribution < -0.4 is 15.0 Å². The first kappa shape index (κ1) is 18.0. The molecule has 0 unspecified atom stereocenters. The predicted octanol–water partition coefficient (Wildman–Crippen LogP) is 3.89. The summed E-state index contributed by atoms with van der Waals surface area (Å²) >= 11 is 6.04. The largest absolute Gasteiger partial charge is 0.497 e. The number of nitrogens with one attached hydrogen (secondary N) is 1. The van der Waals surface area contributed by atoms with Crippen LogP contribution in [-0.2, 0) is 10.3 Å². The Labute approximate surface area is 163 Å². The maximum absolute atomic E-state index is 12.5.